The van der Waals surface area contributed by atoms with Crippen molar-refractivity contribution < 1.29 is 8.98 Å². The Morgan fingerprint density at radius 3 is 2.46 bits per heavy atom. The lowest BCUT2D eigenvalue weighted by atomic mass is 10.1. The molecule has 13 heavy (non-hydrogen) atoms. The Kier molecular flexibility index (Phi) is 10.3. The summed E-state index contributed by atoms with van der Waals surface area (Å²) in [5.74, 6) is 0.852. The Labute approximate surface area is 89.6 Å². The maximum absolute atomic E-state index is 10.1. The summed E-state index contributed by atoms with van der Waals surface area (Å²) in [7, 11) is 0. The first-order chi connectivity index (χ1) is 6.27. The smallest absolute Gasteiger partial charge is 0.379 e. The van der Waals surface area contributed by atoms with E-state index >= 15 is 0 Å². The molecule has 0 aliphatic heterocycles. The molecule has 0 saturated carbocycles. The van der Waals surface area contributed by atoms with Crippen LogP contribution in [0.5, 0.6) is 0 Å². The van der Waals surface area contributed by atoms with Gasteiger partial charge in [0.1, 0.15) is 0 Å². The van der Waals surface area contributed by atoms with Crippen LogP contribution in [0.15, 0.2) is 0 Å². The lowest BCUT2D eigenvalue weighted by molar-refractivity contribution is 0.232. The van der Waals surface area contributed by atoms with E-state index in [1.54, 1.807) is 0 Å². The Morgan fingerprint density at radius 2 is 1.85 bits per heavy atom. The molecule has 0 heterocycles. The number of hydrogen-bond acceptors (Lipinski definition) is 3. The molecular formula is C9H17ClO2S. The minimum atomic E-state index is -0.726. The fourth-order valence-electron chi connectivity index (χ4n) is 1.03. The standard InChI is InChI=1S/C9H17ClO2S/c1-2-3-4-5-6-7-8-13-12-9(10)11/h2-8H2,1H3. The lowest BCUT2D eigenvalue weighted by Crippen LogP contribution is -1.87. The minimum absolute atomic E-state index is 0.726. The molecule has 0 aromatic carbocycles. The van der Waals surface area contributed by atoms with Gasteiger partial charge in [-0.3, -0.25) is 0 Å². The highest BCUT2D eigenvalue weighted by Gasteiger charge is 1.96. The predicted octanol–water partition coefficient (Wildman–Crippen LogP) is 4.37. The second-order valence-corrected chi connectivity index (χ2v) is 4.03. The van der Waals surface area contributed by atoms with Crippen molar-refractivity contribution in [2.24, 2.45) is 0 Å². The third-order valence-electron chi connectivity index (χ3n) is 1.71. The molecule has 0 bridgehead atoms. The van der Waals surface area contributed by atoms with Crippen LogP contribution in [0.4, 0.5) is 4.79 Å². The first-order valence-corrected chi connectivity index (χ1v) is 6.05. The van der Waals surface area contributed by atoms with Gasteiger partial charge in [-0.25, -0.2) is 4.79 Å². The summed E-state index contributed by atoms with van der Waals surface area (Å²) in [5, 5.41) is 0. The Morgan fingerprint density at radius 1 is 1.23 bits per heavy atom. The molecule has 0 aromatic heterocycles. The summed E-state index contributed by atoms with van der Waals surface area (Å²) >= 11 is 6.12. The largest absolute Gasteiger partial charge is 0.415 e. The SMILES string of the molecule is CCCCCCCCSOC(=O)Cl. The van der Waals surface area contributed by atoms with E-state index in [4.69, 9.17) is 11.6 Å². The molecule has 0 aliphatic carbocycles. The van der Waals surface area contributed by atoms with E-state index in [0.717, 1.165) is 24.2 Å². The molecule has 0 atom stereocenters. The second-order valence-electron chi connectivity index (χ2n) is 2.91. The van der Waals surface area contributed by atoms with Crippen LogP contribution in [0.3, 0.4) is 0 Å². The van der Waals surface area contributed by atoms with Gasteiger partial charge in [-0.05, 0) is 6.42 Å². The maximum atomic E-state index is 10.1. The quantitative estimate of drug-likeness (QED) is 0.348. The average Bonchev–Trinajstić information content (AvgIpc) is 2.09. The molecule has 0 aliphatic rings. The molecule has 0 radical (unpaired) electrons. The van der Waals surface area contributed by atoms with Crippen LogP contribution in [-0.2, 0) is 4.18 Å². The molecule has 4 heteroatoms. The zero-order valence-corrected chi connectivity index (χ0v) is 9.62. The van der Waals surface area contributed by atoms with Gasteiger partial charge in [0.15, 0.2) is 0 Å². The summed E-state index contributed by atoms with van der Waals surface area (Å²) in [6.07, 6.45) is 7.51. The summed E-state index contributed by atoms with van der Waals surface area (Å²) in [4.78, 5) is 10.1. The zero-order valence-electron chi connectivity index (χ0n) is 8.05. The van der Waals surface area contributed by atoms with Crippen molar-refractivity contribution in [1.82, 2.24) is 0 Å². The maximum Gasteiger partial charge on any atom is 0.415 e. The molecule has 0 unspecified atom stereocenters. The van der Waals surface area contributed by atoms with E-state index in [2.05, 4.69) is 11.1 Å². The molecule has 78 valence electrons. The number of unbranched alkanes of at least 4 members (excludes halogenated alkanes) is 5. The normalized spacial score (nSPS) is 10.0. The van der Waals surface area contributed by atoms with Crippen LogP contribution in [0.1, 0.15) is 45.4 Å². The van der Waals surface area contributed by atoms with Gasteiger partial charge in [0.25, 0.3) is 0 Å². The number of halogens is 1. The fraction of sp³-hybridized carbons (Fsp3) is 0.889. The summed E-state index contributed by atoms with van der Waals surface area (Å²) in [6, 6.07) is 0. The van der Waals surface area contributed by atoms with E-state index in [1.165, 1.54) is 32.1 Å². The van der Waals surface area contributed by atoms with Crippen molar-refractivity contribution in [2.45, 2.75) is 45.4 Å². The van der Waals surface area contributed by atoms with Crippen molar-refractivity contribution in [1.29, 1.82) is 0 Å². The van der Waals surface area contributed by atoms with Gasteiger partial charge < -0.3 is 4.18 Å². The second kappa shape index (κ2) is 10.2. The van der Waals surface area contributed by atoms with Crippen molar-refractivity contribution >= 4 is 29.1 Å². The van der Waals surface area contributed by atoms with E-state index in [1.807, 2.05) is 0 Å². The van der Waals surface area contributed by atoms with Crippen molar-refractivity contribution in [3.8, 4) is 0 Å². The molecule has 0 aromatic rings. The monoisotopic (exact) mass is 224 g/mol. The topological polar surface area (TPSA) is 26.3 Å². The number of rotatable bonds is 8. The van der Waals surface area contributed by atoms with Gasteiger partial charge in [-0.2, -0.15) is 0 Å². The molecule has 2 nitrogen and oxygen atoms in total. The molecule has 0 spiro atoms. The minimum Gasteiger partial charge on any atom is -0.379 e. The van der Waals surface area contributed by atoms with E-state index in [9.17, 15) is 4.79 Å². The Hall–Kier alpha value is 0.110. The van der Waals surface area contributed by atoms with Crippen molar-refractivity contribution in [3.63, 3.8) is 0 Å². The molecule has 0 amide bonds. The predicted molar refractivity (Wildman–Crippen MR) is 58.2 cm³/mol. The highest BCUT2D eigenvalue weighted by atomic mass is 35.5. The molecular weight excluding hydrogens is 208 g/mol. The zero-order chi connectivity index (χ0) is 9.94. The van der Waals surface area contributed by atoms with Gasteiger partial charge in [0.05, 0.1) is 12.0 Å². The van der Waals surface area contributed by atoms with Gasteiger partial charge in [-0.15, -0.1) is 0 Å². The fourth-order valence-corrected chi connectivity index (χ4v) is 1.66. The molecule has 0 fully saturated rings. The highest BCUT2D eigenvalue weighted by molar-refractivity contribution is 7.95. The molecule has 0 saturated heterocycles. The first-order valence-electron chi connectivity index (χ1n) is 4.76. The van der Waals surface area contributed by atoms with Gasteiger partial charge in [0, 0.05) is 17.4 Å². The Bertz CT molecular complexity index is 131. The Balaban J connectivity index is 2.87. The lowest BCUT2D eigenvalue weighted by Gasteiger charge is -1.99. The van der Waals surface area contributed by atoms with Crippen LogP contribution in [0.25, 0.3) is 0 Å². The third-order valence-corrected chi connectivity index (χ3v) is 2.60. The van der Waals surface area contributed by atoms with Crippen molar-refractivity contribution in [3.05, 3.63) is 0 Å². The first kappa shape index (κ1) is 13.1. The van der Waals surface area contributed by atoms with E-state index in [0.29, 0.717) is 0 Å². The highest BCUT2D eigenvalue weighted by Crippen LogP contribution is 2.11. The summed E-state index contributed by atoms with van der Waals surface area (Å²) < 4.78 is 4.51. The van der Waals surface area contributed by atoms with Crippen LogP contribution >= 0.6 is 23.6 Å². The number of carbonyl (C=O) groups excluding carboxylic acids is 1. The van der Waals surface area contributed by atoms with Crippen LogP contribution < -0.4 is 0 Å². The van der Waals surface area contributed by atoms with Gasteiger partial charge in [-0.1, -0.05) is 39.0 Å². The van der Waals surface area contributed by atoms with E-state index in [-0.39, 0.29) is 0 Å². The van der Waals surface area contributed by atoms with Gasteiger partial charge in [0.2, 0.25) is 0 Å². The van der Waals surface area contributed by atoms with E-state index < -0.39 is 5.43 Å². The van der Waals surface area contributed by atoms with Crippen LogP contribution in [0.2, 0.25) is 0 Å². The van der Waals surface area contributed by atoms with Crippen molar-refractivity contribution in [2.75, 3.05) is 5.75 Å². The van der Waals surface area contributed by atoms with Crippen LogP contribution in [-0.4, -0.2) is 11.2 Å². The summed E-state index contributed by atoms with van der Waals surface area (Å²) in [5.41, 5.74) is -0.726. The average molecular weight is 225 g/mol. The third kappa shape index (κ3) is 12.1. The van der Waals surface area contributed by atoms with Crippen LogP contribution in [0, 0.1) is 0 Å². The number of hydrogen-bond donors (Lipinski definition) is 0. The summed E-state index contributed by atoms with van der Waals surface area (Å²) in [6.45, 7) is 2.20. The molecule has 0 rings (SSSR count). The van der Waals surface area contributed by atoms with Gasteiger partial charge >= 0.3 is 5.43 Å². The molecule has 0 N–H and O–H groups in total. The number of carbonyl (C=O) groups is 1.